The molecule has 6 heteroatoms. The van der Waals surface area contributed by atoms with E-state index in [0.29, 0.717) is 13.1 Å². The predicted molar refractivity (Wildman–Crippen MR) is 111 cm³/mol. The van der Waals surface area contributed by atoms with Crippen molar-refractivity contribution in [3.8, 4) is 5.82 Å². The van der Waals surface area contributed by atoms with Crippen molar-refractivity contribution in [2.45, 2.75) is 39.7 Å². The standard InChI is InChI=1S/C22H27N5O/c1-16-12-17(2)27(26-16)20-11-10-18(13-23-20)14-24-21(28)25-15-22(3,4)19-8-6-5-7-9-19/h5-13H,14-15H2,1-4H3,(H2,24,25,28). The van der Waals surface area contributed by atoms with Gasteiger partial charge < -0.3 is 10.6 Å². The van der Waals surface area contributed by atoms with Gasteiger partial charge in [-0.3, -0.25) is 0 Å². The summed E-state index contributed by atoms with van der Waals surface area (Å²) in [4.78, 5) is 16.6. The van der Waals surface area contributed by atoms with E-state index in [4.69, 9.17) is 0 Å². The van der Waals surface area contributed by atoms with Crippen molar-refractivity contribution in [2.24, 2.45) is 0 Å². The number of hydrogen-bond donors (Lipinski definition) is 2. The van der Waals surface area contributed by atoms with E-state index in [1.54, 1.807) is 6.20 Å². The van der Waals surface area contributed by atoms with Gasteiger partial charge in [-0.05, 0) is 37.1 Å². The number of amides is 2. The summed E-state index contributed by atoms with van der Waals surface area (Å²) in [5, 5.41) is 10.3. The smallest absolute Gasteiger partial charge is 0.315 e. The van der Waals surface area contributed by atoms with Gasteiger partial charge in [0.15, 0.2) is 5.82 Å². The summed E-state index contributed by atoms with van der Waals surface area (Å²) in [5.74, 6) is 0.767. The lowest BCUT2D eigenvalue weighted by molar-refractivity contribution is 0.238. The van der Waals surface area contributed by atoms with Crippen LogP contribution in [0.25, 0.3) is 5.82 Å². The van der Waals surface area contributed by atoms with Gasteiger partial charge in [0.2, 0.25) is 0 Å². The van der Waals surface area contributed by atoms with Crippen LogP contribution in [0.2, 0.25) is 0 Å². The molecule has 3 rings (SSSR count). The Kier molecular flexibility index (Phi) is 5.78. The van der Waals surface area contributed by atoms with Crippen molar-refractivity contribution in [1.29, 1.82) is 0 Å². The van der Waals surface area contributed by atoms with Crippen molar-refractivity contribution in [2.75, 3.05) is 6.54 Å². The maximum atomic E-state index is 12.2. The Morgan fingerprint density at radius 2 is 1.82 bits per heavy atom. The Labute approximate surface area is 166 Å². The van der Waals surface area contributed by atoms with E-state index in [1.165, 1.54) is 5.56 Å². The third-order valence-corrected chi connectivity index (χ3v) is 4.73. The number of carbonyl (C=O) groups excluding carboxylic acids is 1. The number of nitrogens with zero attached hydrogens (tertiary/aromatic N) is 3. The Morgan fingerprint density at radius 3 is 2.43 bits per heavy atom. The quantitative estimate of drug-likeness (QED) is 0.689. The molecule has 0 aliphatic heterocycles. The summed E-state index contributed by atoms with van der Waals surface area (Å²) >= 11 is 0. The van der Waals surface area contributed by atoms with E-state index in [9.17, 15) is 4.79 Å². The zero-order chi connectivity index (χ0) is 20.1. The molecule has 1 aromatic carbocycles. The Morgan fingerprint density at radius 1 is 1.07 bits per heavy atom. The average Bonchev–Trinajstić information content (AvgIpc) is 3.04. The Balaban J connectivity index is 1.51. The molecule has 2 heterocycles. The molecule has 0 bridgehead atoms. The van der Waals surface area contributed by atoms with Crippen LogP contribution in [0.5, 0.6) is 0 Å². The van der Waals surface area contributed by atoms with E-state index < -0.39 is 0 Å². The highest BCUT2D eigenvalue weighted by atomic mass is 16.2. The maximum Gasteiger partial charge on any atom is 0.315 e. The molecule has 0 radical (unpaired) electrons. The van der Waals surface area contributed by atoms with Gasteiger partial charge in [0, 0.05) is 30.4 Å². The minimum Gasteiger partial charge on any atom is -0.337 e. The molecule has 0 fully saturated rings. The molecule has 0 saturated carbocycles. The molecule has 146 valence electrons. The SMILES string of the molecule is Cc1cc(C)n(-c2ccc(CNC(=O)NCC(C)(C)c3ccccc3)cn2)n1. The molecule has 2 amide bonds. The molecule has 28 heavy (non-hydrogen) atoms. The fraction of sp³-hybridized carbons (Fsp3) is 0.318. The summed E-state index contributed by atoms with van der Waals surface area (Å²) in [6, 6.07) is 15.9. The predicted octanol–water partition coefficient (Wildman–Crippen LogP) is 3.66. The van der Waals surface area contributed by atoms with Crippen LogP contribution in [-0.2, 0) is 12.0 Å². The largest absolute Gasteiger partial charge is 0.337 e. The molecule has 0 aliphatic carbocycles. The van der Waals surface area contributed by atoms with Crippen LogP contribution in [0.1, 0.15) is 36.4 Å². The zero-order valence-electron chi connectivity index (χ0n) is 16.9. The van der Waals surface area contributed by atoms with Crippen molar-refractivity contribution in [3.05, 3.63) is 77.2 Å². The van der Waals surface area contributed by atoms with Gasteiger partial charge in [-0.15, -0.1) is 0 Å². The van der Waals surface area contributed by atoms with Gasteiger partial charge in [0.05, 0.1) is 5.69 Å². The van der Waals surface area contributed by atoms with Gasteiger partial charge in [0.25, 0.3) is 0 Å². The van der Waals surface area contributed by atoms with Crippen LogP contribution in [0.3, 0.4) is 0 Å². The van der Waals surface area contributed by atoms with E-state index >= 15 is 0 Å². The highest BCUT2D eigenvalue weighted by molar-refractivity contribution is 5.74. The molecule has 3 aromatic rings. The second-order valence-electron chi connectivity index (χ2n) is 7.65. The number of rotatable bonds is 6. The molecule has 0 spiro atoms. The normalized spacial score (nSPS) is 11.3. The minimum atomic E-state index is -0.188. The number of nitrogens with one attached hydrogen (secondary N) is 2. The van der Waals surface area contributed by atoms with Crippen molar-refractivity contribution in [3.63, 3.8) is 0 Å². The minimum absolute atomic E-state index is 0.137. The van der Waals surface area contributed by atoms with Crippen molar-refractivity contribution in [1.82, 2.24) is 25.4 Å². The Hall–Kier alpha value is -3.15. The van der Waals surface area contributed by atoms with E-state index in [0.717, 1.165) is 22.8 Å². The number of aryl methyl sites for hydroxylation is 2. The van der Waals surface area contributed by atoms with E-state index in [2.05, 4.69) is 46.7 Å². The van der Waals surface area contributed by atoms with E-state index in [-0.39, 0.29) is 11.4 Å². The summed E-state index contributed by atoms with van der Waals surface area (Å²) in [7, 11) is 0. The van der Waals surface area contributed by atoms with Crippen LogP contribution in [0.4, 0.5) is 4.79 Å². The first-order valence-electron chi connectivity index (χ1n) is 9.41. The second kappa shape index (κ2) is 8.25. The topological polar surface area (TPSA) is 71.8 Å². The number of hydrogen-bond acceptors (Lipinski definition) is 3. The molecular weight excluding hydrogens is 350 g/mol. The first kappa shape index (κ1) is 19.6. The van der Waals surface area contributed by atoms with Gasteiger partial charge in [-0.25, -0.2) is 14.5 Å². The van der Waals surface area contributed by atoms with Gasteiger partial charge >= 0.3 is 6.03 Å². The Bertz CT molecular complexity index is 929. The molecule has 0 aliphatic rings. The molecular formula is C22H27N5O. The van der Waals surface area contributed by atoms with Crippen molar-refractivity contribution >= 4 is 6.03 Å². The number of benzene rings is 1. The number of aromatic nitrogens is 3. The third-order valence-electron chi connectivity index (χ3n) is 4.73. The molecule has 6 nitrogen and oxygen atoms in total. The van der Waals surface area contributed by atoms with Crippen LogP contribution in [0, 0.1) is 13.8 Å². The maximum absolute atomic E-state index is 12.2. The van der Waals surface area contributed by atoms with Crippen LogP contribution in [-0.4, -0.2) is 27.3 Å². The van der Waals surface area contributed by atoms with Crippen LogP contribution < -0.4 is 10.6 Å². The lowest BCUT2D eigenvalue weighted by atomic mass is 9.85. The third kappa shape index (κ3) is 4.76. The van der Waals surface area contributed by atoms with Gasteiger partial charge in [-0.2, -0.15) is 5.10 Å². The second-order valence-corrected chi connectivity index (χ2v) is 7.65. The van der Waals surface area contributed by atoms with Crippen molar-refractivity contribution < 1.29 is 4.79 Å². The molecule has 2 aromatic heterocycles. The summed E-state index contributed by atoms with van der Waals surface area (Å²) in [5.41, 5.74) is 3.99. The summed E-state index contributed by atoms with van der Waals surface area (Å²) in [6.45, 7) is 9.16. The summed E-state index contributed by atoms with van der Waals surface area (Å²) in [6.07, 6.45) is 1.76. The fourth-order valence-corrected chi connectivity index (χ4v) is 3.04. The molecule has 0 saturated heterocycles. The zero-order valence-corrected chi connectivity index (χ0v) is 16.9. The fourth-order valence-electron chi connectivity index (χ4n) is 3.04. The first-order chi connectivity index (χ1) is 13.3. The van der Waals surface area contributed by atoms with Gasteiger partial charge in [0.1, 0.15) is 0 Å². The number of urea groups is 1. The highest BCUT2D eigenvalue weighted by Gasteiger charge is 2.20. The van der Waals surface area contributed by atoms with Crippen LogP contribution >= 0.6 is 0 Å². The van der Waals surface area contributed by atoms with Gasteiger partial charge in [-0.1, -0.05) is 50.2 Å². The summed E-state index contributed by atoms with van der Waals surface area (Å²) < 4.78 is 1.81. The number of carbonyl (C=O) groups is 1. The monoisotopic (exact) mass is 377 g/mol. The van der Waals surface area contributed by atoms with Crippen LogP contribution in [0.15, 0.2) is 54.7 Å². The first-order valence-corrected chi connectivity index (χ1v) is 9.41. The molecule has 2 N–H and O–H groups in total. The molecule has 0 atom stereocenters. The lowest BCUT2D eigenvalue weighted by Gasteiger charge is -2.25. The lowest BCUT2D eigenvalue weighted by Crippen LogP contribution is -2.42. The molecule has 0 unspecified atom stereocenters. The highest BCUT2D eigenvalue weighted by Crippen LogP contribution is 2.21. The average molecular weight is 377 g/mol. The number of pyridine rings is 1. The van der Waals surface area contributed by atoms with E-state index in [1.807, 2.05) is 54.9 Å².